The lowest BCUT2D eigenvalue weighted by Gasteiger charge is -2.31. The van der Waals surface area contributed by atoms with Crippen LogP contribution in [0.1, 0.15) is 50.9 Å². The molecule has 1 aromatic carbocycles. The summed E-state index contributed by atoms with van der Waals surface area (Å²) in [5.41, 5.74) is 1.76. The normalized spacial score (nSPS) is 17.1. The van der Waals surface area contributed by atoms with Gasteiger partial charge in [0.15, 0.2) is 0 Å². The third-order valence-electron chi connectivity index (χ3n) is 6.56. The molecule has 0 unspecified atom stereocenters. The molecule has 3 amide bonds. The predicted octanol–water partition coefficient (Wildman–Crippen LogP) is 2.18. The van der Waals surface area contributed by atoms with E-state index in [1.54, 1.807) is 4.90 Å². The number of carbonyl (C=O) groups is 3. The average Bonchev–Trinajstić information content (AvgIpc) is 3.39. The molecule has 2 aromatic rings. The number of carbonyl (C=O) groups excluding carboxylic acids is 3. The molecule has 2 N–H and O–H groups in total. The second-order valence-electron chi connectivity index (χ2n) is 9.33. The number of rotatable bonds is 9. The molecule has 3 heterocycles. The van der Waals surface area contributed by atoms with Crippen LogP contribution in [0.15, 0.2) is 24.3 Å². The predicted molar refractivity (Wildman–Crippen MR) is 137 cm³/mol. The lowest BCUT2D eigenvalue weighted by Crippen LogP contribution is -2.40. The molecule has 2 aliphatic rings. The lowest BCUT2D eigenvalue weighted by molar-refractivity contribution is -0.122. The summed E-state index contributed by atoms with van der Waals surface area (Å²) < 4.78 is 5.35. The monoisotopic (exact) mass is 514 g/mol. The second-order valence-corrected chi connectivity index (χ2v) is 10.3. The number of likely N-dealkylation sites (tertiary alicyclic amines) is 1. The highest BCUT2D eigenvalue weighted by Crippen LogP contribution is 2.23. The number of nitrogens with zero attached hydrogens (tertiary/aromatic N) is 4. The number of hydrogen-bond donors (Lipinski definition) is 2. The van der Waals surface area contributed by atoms with E-state index in [0.717, 1.165) is 69.0 Å². The van der Waals surface area contributed by atoms with Crippen molar-refractivity contribution in [3.05, 3.63) is 39.8 Å². The van der Waals surface area contributed by atoms with E-state index in [1.165, 1.54) is 0 Å². The third kappa shape index (κ3) is 7.55. The van der Waals surface area contributed by atoms with Gasteiger partial charge in [-0.05, 0) is 50.8 Å². The third-order valence-corrected chi connectivity index (χ3v) is 7.47. The van der Waals surface area contributed by atoms with E-state index >= 15 is 0 Å². The van der Waals surface area contributed by atoms with Gasteiger partial charge in [-0.1, -0.05) is 29.0 Å². The summed E-state index contributed by atoms with van der Waals surface area (Å²) in [4.78, 5) is 41.8. The van der Waals surface area contributed by atoms with Crippen LogP contribution in [-0.4, -0.2) is 90.2 Å². The van der Waals surface area contributed by atoms with E-state index in [-0.39, 0.29) is 33.7 Å². The summed E-state index contributed by atoms with van der Waals surface area (Å²) in [6.45, 7) is 8.27. The van der Waals surface area contributed by atoms with Crippen LogP contribution in [-0.2, 0) is 9.53 Å². The molecule has 0 atom stereocenters. The number of piperidine rings is 1. The van der Waals surface area contributed by atoms with Gasteiger partial charge in [-0.15, -0.1) is 10.2 Å². The minimum absolute atomic E-state index is 0.0788. The molecule has 0 bridgehead atoms. The van der Waals surface area contributed by atoms with E-state index in [4.69, 9.17) is 4.74 Å². The Hall–Kier alpha value is -2.89. The van der Waals surface area contributed by atoms with Gasteiger partial charge in [0, 0.05) is 44.8 Å². The quantitative estimate of drug-likeness (QED) is 0.493. The van der Waals surface area contributed by atoms with Crippen LogP contribution in [0.3, 0.4) is 0 Å². The molecule has 36 heavy (non-hydrogen) atoms. The van der Waals surface area contributed by atoms with Crippen molar-refractivity contribution in [3.63, 3.8) is 0 Å². The van der Waals surface area contributed by atoms with Crippen molar-refractivity contribution in [2.75, 3.05) is 57.8 Å². The zero-order valence-electron chi connectivity index (χ0n) is 20.7. The SMILES string of the molecule is Cc1ccc(NC(=O)c2nnc(C(=O)N3CCC(CC(=O)NCCCN4CCOCC4)CC3)s2)cc1. The minimum atomic E-state index is -0.384. The van der Waals surface area contributed by atoms with Gasteiger partial charge in [-0.2, -0.15) is 0 Å². The van der Waals surface area contributed by atoms with E-state index in [0.29, 0.717) is 31.7 Å². The molecule has 1 aromatic heterocycles. The fraction of sp³-hybridized carbons (Fsp3) is 0.560. The van der Waals surface area contributed by atoms with Gasteiger partial charge in [0.1, 0.15) is 0 Å². The highest BCUT2D eigenvalue weighted by atomic mass is 32.1. The summed E-state index contributed by atoms with van der Waals surface area (Å²) in [7, 11) is 0. The Kier molecular flexibility index (Phi) is 9.37. The van der Waals surface area contributed by atoms with Gasteiger partial charge in [-0.3, -0.25) is 19.3 Å². The Morgan fingerprint density at radius 2 is 1.72 bits per heavy atom. The summed E-state index contributed by atoms with van der Waals surface area (Å²) in [6, 6.07) is 7.45. The van der Waals surface area contributed by atoms with Crippen molar-refractivity contribution >= 4 is 34.7 Å². The van der Waals surface area contributed by atoms with E-state index in [9.17, 15) is 14.4 Å². The summed E-state index contributed by atoms with van der Waals surface area (Å²) in [6.07, 6.45) is 2.96. The maximum Gasteiger partial charge on any atom is 0.286 e. The average molecular weight is 515 g/mol. The molecule has 0 aliphatic carbocycles. The van der Waals surface area contributed by atoms with Crippen molar-refractivity contribution in [1.82, 2.24) is 25.3 Å². The molecule has 2 saturated heterocycles. The first-order valence-electron chi connectivity index (χ1n) is 12.6. The van der Waals surface area contributed by atoms with Gasteiger partial charge in [0.2, 0.25) is 15.9 Å². The van der Waals surface area contributed by atoms with Crippen LogP contribution in [0.2, 0.25) is 0 Å². The molecular formula is C25H34N6O4S. The fourth-order valence-electron chi connectivity index (χ4n) is 4.39. The zero-order chi connectivity index (χ0) is 25.3. The van der Waals surface area contributed by atoms with Gasteiger partial charge in [0.25, 0.3) is 11.8 Å². The van der Waals surface area contributed by atoms with Crippen LogP contribution in [0.4, 0.5) is 5.69 Å². The van der Waals surface area contributed by atoms with Gasteiger partial charge in [0.05, 0.1) is 13.2 Å². The first kappa shape index (κ1) is 26.2. The van der Waals surface area contributed by atoms with Crippen molar-refractivity contribution in [1.29, 1.82) is 0 Å². The van der Waals surface area contributed by atoms with Crippen molar-refractivity contribution in [2.24, 2.45) is 5.92 Å². The topological polar surface area (TPSA) is 117 Å². The smallest absolute Gasteiger partial charge is 0.286 e. The fourth-order valence-corrected chi connectivity index (χ4v) is 5.09. The van der Waals surface area contributed by atoms with E-state index < -0.39 is 0 Å². The number of hydrogen-bond acceptors (Lipinski definition) is 8. The summed E-state index contributed by atoms with van der Waals surface area (Å²) in [5.74, 6) is -0.258. The van der Waals surface area contributed by atoms with Gasteiger partial charge >= 0.3 is 0 Å². The Morgan fingerprint density at radius 3 is 2.44 bits per heavy atom. The molecule has 194 valence electrons. The Morgan fingerprint density at radius 1 is 1.03 bits per heavy atom. The number of aromatic nitrogens is 2. The van der Waals surface area contributed by atoms with Crippen LogP contribution in [0.25, 0.3) is 0 Å². The molecule has 0 radical (unpaired) electrons. The van der Waals surface area contributed by atoms with Crippen LogP contribution in [0.5, 0.6) is 0 Å². The number of morpholine rings is 1. The van der Waals surface area contributed by atoms with E-state index in [1.807, 2.05) is 31.2 Å². The second kappa shape index (κ2) is 12.9. The van der Waals surface area contributed by atoms with Gasteiger partial charge in [-0.25, -0.2) is 0 Å². The number of ether oxygens (including phenoxy) is 1. The molecule has 10 nitrogen and oxygen atoms in total. The first-order valence-corrected chi connectivity index (χ1v) is 13.4. The Bertz CT molecular complexity index is 1030. The number of aryl methyl sites for hydroxylation is 1. The molecule has 0 saturated carbocycles. The van der Waals surface area contributed by atoms with Gasteiger partial charge < -0.3 is 20.3 Å². The maximum atomic E-state index is 12.9. The van der Waals surface area contributed by atoms with E-state index in [2.05, 4.69) is 25.7 Å². The lowest BCUT2D eigenvalue weighted by atomic mass is 9.93. The standard InChI is InChI=1S/C25H34N6O4S/c1-18-3-5-20(6-4-18)27-22(33)23-28-29-24(36-23)25(34)31-11-7-19(8-12-31)17-21(32)26-9-2-10-30-13-15-35-16-14-30/h3-6,19H,2,7-17H2,1H3,(H,26,32)(H,27,33). The molecular weight excluding hydrogens is 480 g/mol. The number of nitrogens with one attached hydrogen (secondary N) is 2. The zero-order valence-corrected chi connectivity index (χ0v) is 21.5. The highest BCUT2D eigenvalue weighted by molar-refractivity contribution is 7.15. The number of amides is 3. The highest BCUT2D eigenvalue weighted by Gasteiger charge is 2.28. The molecule has 11 heteroatoms. The Balaban J connectivity index is 1.15. The largest absolute Gasteiger partial charge is 0.379 e. The summed E-state index contributed by atoms with van der Waals surface area (Å²) in [5, 5.41) is 14.0. The minimum Gasteiger partial charge on any atom is -0.379 e. The number of benzene rings is 1. The van der Waals surface area contributed by atoms with Crippen molar-refractivity contribution < 1.29 is 19.1 Å². The molecule has 2 aliphatic heterocycles. The molecule has 4 rings (SSSR count). The molecule has 0 spiro atoms. The molecule has 2 fully saturated rings. The Labute approximate surface area is 215 Å². The number of anilines is 1. The van der Waals surface area contributed by atoms with Crippen LogP contribution >= 0.6 is 11.3 Å². The maximum absolute atomic E-state index is 12.9. The van der Waals surface area contributed by atoms with Crippen molar-refractivity contribution in [3.8, 4) is 0 Å². The van der Waals surface area contributed by atoms with Crippen LogP contribution in [0, 0.1) is 12.8 Å². The summed E-state index contributed by atoms with van der Waals surface area (Å²) >= 11 is 0.998. The first-order chi connectivity index (χ1) is 17.5. The van der Waals surface area contributed by atoms with Crippen molar-refractivity contribution in [2.45, 2.75) is 32.6 Å². The van der Waals surface area contributed by atoms with Crippen LogP contribution < -0.4 is 10.6 Å².